The van der Waals surface area contributed by atoms with Crippen molar-refractivity contribution in [3.63, 3.8) is 0 Å². The minimum Gasteiger partial charge on any atom is -0.423 e. The van der Waals surface area contributed by atoms with Crippen molar-refractivity contribution in [2.75, 3.05) is 0 Å². The Labute approximate surface area is 627 Å². The summed E-state index contributed by atoms with van der Waals surface area (Å²) >= 11 is 6.54. The molecule has 6 heterocycles. The summed E-state index contributed by atoms with van der Waals surface area (Å²) in [5.41, 5.74) is 20.6. The summed E-state index contributed by atoms with van der Waals surface area (Å²) in [6.07, 6.45) is 7.24. The zero-order chi connectivity index (χ0) is 72.4. The van der Waals surface area contributed by atoms with Crippen LogP contribution in [0.1, 0.15) is 0 Å². The molecule has 0 radical (unpaired) electrons. The molecule has 0 aliphatic rings. The SMILES string of the molecule is Clc1nc(-c2cc3ccccc3c3ccccc23)cc(-c2cc3cccnc3c3ncccc23)n1.OB(O)c1cc(-c2ccccc2)cc(-c2ccccc2)c1.c1ccc(-c2cc(-c3ccccc3)cc(-c3nc(-c4cc5ccccc5c5ccccc45)cc(-c4cc5cccnc5c5ncccc45)n3)c2)cc1. The molecule has 108 heavy (non-hydrogen) atoms. The van der Waals surface area contributed by atoms with E-state index >= 15 is 0 Å². The van der Waals surface area contributed by atoms with Gasteiger partial charge in [0.1, 0.15) is 0 Å². The number of pyridine rings is 4. The number of rotatable bonds is 10. The highest BCUT2D eigenvalue weighted by Crippen LogP contribution is 2.43. The van der Waals surface area contributed by atoms with Crippen LogP contribution in [0.3, 0.4) is 0 Å². The molecular formula is C96H62BClN8O2. The van der Waals surface area contributed by atoms with E-state index in [-0.39, 0.29) is 5.28 Å². The number of nitrogens with zero attached hydrogens (tertiary/aromatic N) is 8. The Morgan fingerprint density at radius 3 is 0.907 bits per heavy atom. The first kappa shape index (κ1) is 66.2. The summed E-state index contributed by atoms with van der Waals surface area (Å²) in [7, 11) is -1.48. The predicted octanol–water partition coefficient (Wildman–Crippen LogP) is 22.8. The fourth-order valence-electron chi connectivity index (χ4n) is 14.8. The molecule has 0 saturated carbocycles. The van der Waals surface area contributed by atoms with E-state index in [9.17, 15) is 10.0 Å². The topological polar surface area (TPSA) is 144 Å². The summed E-state index contributed by atoms with van der Waals surface area (Å²) in [6, 6.07) is 116. The molecule has 0 spiro atoms. The second-order valence-corrected chi connectivity index (χ2v) is 26.9. The third-order valence-electron chi connectivity index (χ3n) is 19.9. The lowest BCUT2D eigenvalue weighted by atomic mass is 9.77. The van der Waals surface area contributed by atoms with E-state index in [1.807, 2.05) is 128 Å². The first-order chi connectivity index (χ1) is 53.3. The zero-order valence-electron chi connectivity index (χ0n) is 58.1. The van der Waals surface area contributed by atoms with Crippen molar-refractivity contribution in [2.45, 2.75) is 0 Å². The Morgan fingerprint density at radius 1 is 0.222 bits per heavy atom. The molecular weight excluding hydrogens is 1340 g/mol. The Bertz CT molecular complexity index is 6430. The van der Waals surface area contributed by atoms with E-state index in [0.717, 1.165) is 155 Å². The van der Waals surface area contributed by atoms with Gasteiger partial charge >= 0.3 is 7.12 Å². The van der Waals surface area contributed by atoms with Crippen LogP contribution in [0.2, 0.25) is 5.28 Å². The number of aromatic nitrogens is 8. The van der Waals surface area contributed by atoms with E-state index in [1.165, 1.54) is 26.9 Å². The normalized spacial score (nSPS) is 11.3. The van der Waals surface area contributed by atoms with E-state index in [0.29, 0.717) is 11.3 Å². The Balaban J connectivity index is 0.000000126. The van der Waals surface area contributed by atoms with Crippen molar-refractivity contribution in [3.05, 3.63) is 370 Å². The highest BCUT2D eigenvalue weighted by molar-refractivity contribution is 6.59. The van der Waals surface area contributed by atoms with E-state index in [2.05, 4.69) is 244 Å². The number of fused-ring (bicyclic) bond motifs is 12. The zero-order valence-corrected chi connectivity index (χ0v) is 58.8. The first-order valence-corrected chi connectivity index (χ1v) is 36.0. The van der Waals surface area contributed by atoms with Gasteiger partial charge in [-0.1, -0.05) is 255 Å². The van der Waals surface area contributed by atoms with E-state index < -0.39 is 7.12 Å². The van der Waals surface area contributed by atoms with Gasteiger partial charge in [0, 0.05) is 74.1 Å². The van der Waals surface area contributed by atoms with E-state index in [4.69, 9.17) is 31.5 Å². The minimum atomic E-state index is -1.48. The van der Waals surface area contributed by atoms with Gasteiger partial charge in [0.2, 0.25) is 5.28 Å². The van der Waals surface area contributed by atoms with Crippen LogP contribution in [0, 0.1) is 0 Å². The van der Waals surface area contributed by atoms with Crippen LogP contribution in [0.5, 0.6) is 0 Å². The molecule has 10 nitrogen and oxygen atoms in total. The van der Waals surface area contributed by atoms with Gasteiger partial charge in [0.05, 0.1) is 44.8 Å². The summed E-state index contributed by atoms with van der Waals surface area (Å²) in [5.74, 6) is 0.656. The molecule has 0 aliphatic carbocycles. The maximum absolute atomic E-state index is 9.52. The number of halogens is 1. The lowest BCUT2D eigenvalue weighted by Gasteiger charge is -2.16. The smallest absolute Gasteiger partial charge is 0.423 e. The summed E-state index contributed by atoms with van der Waals surface area (Å²) in [4.78, 5) is 38.9. The maximum atomic E-state index is 9.52. The van der Waals surface area contributed by atoms with Gasteiger partial charge in [-0.15, -0.1) is 0 Å². The first-order valence-electron chi connectivity index (χ1n) is 35.7. The minimum absolute atomic E-state index is 0.207. The number of hydrogen-bond acceptors (Lipinski definition) is 10. The van der Waals surface area contributed by atoms with Crippen molar-refractivity contribution >= 4 is 111 Å². The third-order valence-corrected chi connectivity index (χ3v) is 20.0. The van der Waals surface area contributed by atoms with Gasteiger partial charge in [-0.3, -0.25) is 19.9 Å². The largest absolute Gasteiger partial charge is 0.488 e. The Morgan fingerprint density at radius 2 is 0.509 bits per heavy atom. The van der Waals surface area contributed by atoms with Crippen LogP contribution in [-0.4, -0.2) is 57.0 Å². The molecule has 20 aromatic rings. The second-order valence-electron chi connectivity index (χ2n) is 26.5. The van der Waals surface area contributed by atoms with Gasteiger partial charge in [-0.25, -0.2) is 19.9 Å². The van der Waals surface area contributed by atoms with Crippen molar-refractivity contribution in [3.8, 4) is 101 Å². The van der Waals surface area contributed by atoms with Crippen molar-refractivity contribution in [1.29, 1.82) is 0 Å². The van der Waals surface area contributed by atoms with Gasteiger partial charge in [-0.05, 0) is 190 Å². The fourth-order valence-corrected chi connectivity index (χ4v) is 15.0. The van der Waals surface area contributed by atoms with Crippen LogP contribution >= 0.6 is 11.6 Å². The highest BCUT2D eigenvalue weighted by atomic mass is 35.5. The van der Waals surface area contributed by atoms with Gasteiger partial charge < -0.3 is 10.0 Å². The van der Waals surface area contributed by atoms with Crippen LogP contribution in [0.15, 0.2) is 365 Å². The number of benzene rings is 14. The molecule has 0 fully saturated rings. The van der Waals surface area contributed by atoms with Crippen LogP contribution in [0.25, 0.3) is 188 Å². The lowest BCUT2D eigenvalue weighted by molar-refractivity contribution is 0.426. The van der Waals surface area contributed by atoms with Crippen molar-refractivity contribution in [1.82, 2.24) is 39.9 Å². The van der Waals surface area contributed by atoms with Crippen LogP contribution < -0.4 is 5.46 Å². The monoisotopic (exact) mass is 1400 g/mol. The van der Waals surface area contributed by atoms with Gasteiger partial charge in [-0.2, -0.15) is 0 Å². The molecule has 20 rings (SSSR count). The van der Waals surface area contributed by atoms with Crippen molar-refractivity contribution < 1.29 is 10.0 Å². The second kappa shape index (κ2) is 29.0. The fraction of sp³-hybridized carbons (Fsp3) is 0. The maximum Gasteiger partial charge on any atom is 0.488 e. The molecule has 0 atom stereocenters. The molecule has 0 unspecified atom stereocenters. The lowest BCUT2D eigenvalue weighted by Crippen LogP contribution is -2.29. The summed E-state index contributed by atoms with van der Waals surface area (Å²) < 4.78 is 0. The molecule has 508 valence electrons. The quantitative estimate of drug-likeness (QED) is 0.0771. The molecule has 6 aromatic heterocycles. The highest BCUT2D eigenvalue weighted by Gasteiger charge is 2.22. The average Bonchev–Trinajstić information content (AvgIpc) is 0.753. The van der Waals surface area contributed by atoms with Crippen LogP contribution in [-0.2, 0) is 0 Å². The average molecular weight is 1410 g/mol. The number of hydrogen-bond donors (Lipinski definition) is 2. The summed E-state index contributed by atoms with van der Waals surface area (Å²) in [6.45, 7) is 0. The summed E-state index contributed by atoms with van der Waals surface area (Å²) in [5, 5.41) is 32.6. The standard InChI is InChI=1S/C48H30N4.C30H17ClN4.C18H15BO2/c1-3-13-31(14-4-1)35-25-36(32-15-5-2-6-16-32)27-37(26-35)48-51-44(42-28-33-17-7-8-19-38(33)39-20-9-10-21-40(39)42)30-45(52-48)43-29-34-18-11-23-49-46(34)47-41(43)22-12-24-50-47;31-30-34-26(24-15-18-7-1-2-9-20(18)21-10-3-4-11-22(21)24)17-27(35-30)25-16-19-8-5-13-32-28(19)29-23(25)12-6-14-33-29;20-19(21)18-12-16(14-7-3-1-4-8-14)11-17(13-18)15-9-5-2-6-10-15/h1-30H;1-17H;1-13,20-21H. The molecule has 0 saturated heterocycles. The molecule has 2 N–H and O–H groups in total. The molecule has 12 heteroatoms. The Kier molecular flexibility index (Phi) is 17.8. The van der Waals surface area contributed by atoms with Crippen LogP contribution in [0.4, 0.5) is 0 Å². The third kappa shape index (κ3) is 13.1. The molecule has 14 aromatic carbocycles. The molecule has 0 amide bonds. The predicted molar refractivity (Wildman–Crippen MR) is 445 cm³/mol. The van der Waals surface area contributed by atoms with E-state index in [1.54, 1.807) is 12.4 Å². The Hall–Kier alpha value is -13.8. The van der Waals surface area contributed by atoms with Crippen molar-refractivity contribution in [2.24, 2.45) is 0 Å². The molecule has 0 bridgehead atoms. The van der Waals surface area contributed by atoms with Gasteiger partial charge in [0.15, 0.2) is 5.82 Å². The van der Waals surface area contributed by atoms with Gasteiger partial charge in [0.25, 0.3) is 0 Å². The molecule has 0 aliphatic heterocycles.